The molecule has 0 saturated carbocycles. The van der Waals surface area contributed by atoms with E-state index in [1.807, 2.05) is 0 Å². The molecule has 0 saturated heterocycles. The van der Waals surface area contributed by atoms with Crippen LogP contribution in [0.4, 0.5) is 10.1 Å². The van der Waals surface area contributed by atoms with Gasteiger partial charge in [0.05, 0.1) is 12.3 Å². The lowest BCUT2D eigenvalue weighted by Crippen LogP contribution is -2.11. The van der Waals surface area contributed by atoms with Crippen LogP contribution in [0, 0.1) is 12.7 Å². The molecule has 0 aliphatic rings. The van der Waals surface area contributed by atoms with Crippen LogP contribution in [0.25, 0.3) is 0 Å². The van der Waals surface area contributed by atoms with Gasteiger partial charge < -0.3 is 5.11 Å². The fourth-order valence-corrected chi connectivity index (χ4v) is 4.03. The van der Waals surface area contributed by atoms with Gasteiger partial charge in [0.2, 0.25) is 0 Å². The average Bonchev–Trinajstić information content (AvgIpc) is 2.71. The zero-order valence-corrected chi connectivity index (χ0v) is 11.7. The van der Waals surface area contributed by atoms with Crippen molar-refractivity contribution in [2.75, 3.05) is 4.72 Å². The summed E-state index contributed by atoms with van der Waals surface area (Å²) >= 11 is 0.996. The Labute approximate surface area is 114 Å². The Balaban J connectivity index is 2.32. The van der Waals surface area contributed by atoms with Crippen molar-refractivity contribution in [3.05, 3.63) is 46.6 Å². The number of anilines is 1. The first-order chi connectivity index (χ1) is 8.92. The molecule has 4 nitrogen and oxygen atoms in total. The van der Waals surface area contributed by atoms with Gasteiger partial charge >= 0.3 is 0 Å². The zero-order valence-electron chi connectivity index (χ0n) is 10.1. The number of thiophene rings is 1. The highest BCUT2D eigenvalue weighted by Crippen LogP contribution is 2.27. The predicted molar refractivity (Wildman–Crippen MR) is 72.2 cm³/mol. The van der Waals surface area contributed by atoms with Crippen LogP contribution in [0.1, 0.15) is 10.4 Å². The molecule has 19 heavy (non-hydrogen) atoms. The van der Waals surface area contributed by atoms with Crippen LogP contribution in [0.2, 0.25) is 0 Å². The minimum atomic E-state index is -3.75. The number of halogens is 1. The molecule has 0 radical (unpaired) electrons. The van der Waals surface area contributed by atoms with Gasteiger partial charge in [-0.15, -0.1) is 11.3 Å². The van der Waals surface area contributed by atoms with E-state index in [1.54, 1.807) is 6.92 Å². The maximum Gasteiger partial charge on any atom is 0.271 e. The van der Waals surface area contributed by atoms with Crippen LogP contribution in [0.5, 0.6) is 0 Å². The largest absolute Gasteiger partial charge is 0.391 e. The van der Waals surface area contributed by atoms with Crippen LogP contribution < -0.4 is 4.72 Å². The van der Waals surface area contributed by atoms with Crippen molar-refractivity contribution >= 4 is 27.0 Å². The molecule has 0 fully saturated rings. The average molecular weight is 301 g/mol. The topological polar surface area (TPSA) is 66.4 Å². The number of rotatable bonds is 4. The van der Waals surface area contributed by atoms with E-state index in [2.05, 4.69) is 4.72 Å². The Kier molecular flexibility index (Phi) is 3.88. The third-order valence-electron chi connectivity index (χ3n) is 2.48. The molecular weight excluding hydrogens is 289 g/mol. The minimum Gasteiger partial charge on any atom is -0.391 e. The molecule has 1 heterocycles. The van der Waals surface area contributed by atoms with Crippen LogP contribution in [-0.2, 0) is 16.6 Å². The highest BCUT2D eigenvalue weighted by atomic mass is 32.2. The molecule has 7 heteroatoms. The van der Waals surface area contributed by atoms with Gasteiger partial charge in [0.1, 0.15) is 10.0 Å². The molecule has 2 aromatic rings. The number of sulfonamides is 1. The molecule has 102 valence electrons. The van der Waals surface area contributed by atoms with Crippen molar-refractivity contribution in [3.8, 4) is 0 Å². The Morgan fingerprint density at radius 1 is 1.37 bits per heavy atom. The van der Waals surface area contributed by atoms with E-state index < -0.39 is 15.8 Å². The number of hydrogen-bond acceptors (Lipinski definition) is 4. The molecule has 2 rings (SSSR count). The van der Waals surface area contributed by atoms with Crippen LogP contribution in [0.15, 0.2) is 34.5 Å². The highest BCUT2D eigenvalue weighted by Gasteiger charge is 2.18. The van der Waals surface area contributed by atoms with E-state index in [4.69, 9.17) is 5.11 Å². The Bertz CT molecular complexity index is 695. The summed E-state index contributed by atoms with van der Waals surface area (Å²) in [7, 11) is -3.75. The van der Waals surface area contributed by atoms with Gasteiger partial charge in [-0.2, -0.15) is 0 Å². The fraction of sp³-hybridized carbons (Fsp3) is 0.167. The lowest BCUT2D eigenvalue weighted by atomic mass is 10.3. The van der Waals surface area contributed by atoms with Crippen molar-refractivity contribution in [2.45, 2.75) is 17.7 Å². The normalized spacial score (nSPS) is 11.5. The van der Waals surface area contributed by atoms with Crippen molar-refractivity contribution in [3.63, 3.8) is 0 Å². The van der Waals surface area contributed by atoms with Crippen molar-refractivity contribution in [1.82, 2.24) is 0 Å². The second kappa shape index (κ2) is 5.28. The van der Waals surface area contributed by atoms with Crippen LogP contribution >= 0.6 is 11.3 Å². The number of benzene rings is 1. The molecule has 0 spiro atoms. The minimum absolute atomic E-state index is 0.0957. The molecule has 0 amide bonds. The van der Waals surface area contributed by atoms with Crippen LogP contribution in [0.3, 0.4) is 0 Å². The summed E-state index contributed by atoms with van der Waals surface area (Å²) in [6, 6.07) is 6.71. The van der Waals surface area contributed by atoms with Gasteiger partial charge in [-0.3, -0.25) is 4.72 Å². The summed E-state index contributed by atoms with van der Waals surface area (Å²) in [6.45, 7) is 1.52. The van der Waals surface area contributed by atoms with E-state index >= 15 is 0 Å². The highest BCUT2D eigenvalue weighted by molar-refractivity contribution is 7.94. The second-order valence-electron chi connectivity index (χ2n) is 3.95. The molecule has 2 N–H and O–H groups in total. The summed E-state index contributed by atoms with van der Waals surface area (Å²) in [5, 5.41) is 9.07. The summed E-state index contributed by atoms with van der Waals surface area (Å²) in [5.74, 6) is -0.515. The van der Waals surface area contributed by atoms with E-state index in [0.29, 0.717) is 10.4 Å². The standard InChI is InChI=1S/C12H12FNO3S2/c1-8-5-12(18-11(8)7-15)19(16,17)14-10-4-2-3-9(13)6-10/h2-6,14-15H,7H2,1H3. The number of hydrogen-bond donors (Lipinski definition) is 2. The van der Waals surface area contributed by atoms with Crippen molar-refractivity contribution in [1.29, 1.82) is 0 Å². The first-order valence-corrected chi connectivity index (χ1v) is 7.71. The fourth-order valence-electron chi connectivity index (χ4n) is 1.54. The molecule has 0 unspecified atom stereocenters. The molecule has 1 aromatic heterocycles. The van der Waals surface area contributed by atoms with E-state index in [9.17, 15) is 12.8 Å². The van der Waals surface area contributed by atoms with Gasteiger partial charge in [-0.05, 0) is 36.8 Å². The Morgan fingerprint density at radius 3 is 2.68 bits per heavy atom. The summed E-state index contributed by atoms with van der Waals surface area (Å²) in [6.07, 6.45) is 0. The number of aryl methyl sites for hydroxylation is 1. The quantitative estimate of drug-likeness (QED) is 0.912. The van der Waals surface area contributed by atoms with E-state index in [1.165, 1.54) is 24.3 Å². The Hall–Kier alpha value is -1.44. The zero-order chi connectivity index (χ0) is 14.0. The van der Waals surface area contributed by atoms with E-state index in [-0.39, 0.29) is 16.5 Å². The van der Waals surface area contributed by atoms with Crippen molar-refractivity contribution in [2.24, 2.45) is 0 Å². The SMILES string of the molecule is Cc1cc(S(=O)(=O)Nc2cccc(F)c2)sc1CO. The van der Waals surface area contributed by atoms with Gasteiger partial charge in [-0.25, -0.2) is 12.8 Å². The van der Waals surface area contributed by atoms with Gasteiger partial charge in [0.15, 0.2) is 0 Å². The molecule has 1 aromatic carbocycles. The Morgan fingerprint density at radius 2 is 2.11 bits per heavy atom. The maximum atomic E-state index is 13.0. The molecule has 0 aliphatic heterocycles. The first-order valence-electron chi connectivity index (χ1n) is 5.41. The first kappa shape index (κ1) is 14.0. The molecular formula is C12H12FNO3S2. The molecule has 0 atom stereocenters. The number of aliphatic hydroxyl groups excluding tert-OH is 1. The van der Waals surface area contributed by atoms with E-state index in [0.717, 1.165) is 17.4 Å². The summed E-state index contributed by atoms with van der Waals surface area (Å²) in [4.78, 5) is 0.597. The molecule has 0 bridgehead atoms. The lowest BCUT2D eigenvalue weighted by molar-refractivity contribution is 0.285. The third-order valence-corrected chi connectivity index (χ3v) is 5.56. The number of nitrogens with one attached hydrogen (secondary N) is 1. The number of aliphatic hydroxyl groups is 1. The lowest BCUT2D eigenvalue weighted by Gasteiger charge is -2.05. The molecule has 0 aliphatic carbocycles. The second-order valence-corrected chi connectivity index (χ2v) is 6.99. The van der Waals surface area contributed by atoms with Gasteiger partial charge in [0, 0.05) is 4.88 Å². The summed E-state index contributed by atoms with van der Waals surface area (Å²) < 4.78 is 39.6. The monoisotopic (exact) mass is 301 g/mol. The third kappa shape index (κ3) is 3.12. The van der Waals surface area contributed by atoms with Gasteiger partial charge in [-0.1, -0.05) is 6.07 Å². The smallest absolute Gasteiger partial charge is 0.271 e. The maximum absolute atomic E-state index is 13.0. The summed E-state index contributed by atoms with van der Waals surface area (Å²) in [5.41, 5.74) is 0.878. The predicted octanol–water partition coefficient (Wildman–Crippen LogP) is 2.49. The van der Waals surface area contributed by atoms with Crippen molar-refractivity contribution < 1.29 is 17.9 Å². The van der Waals surface area contributed by atoms with Crippen LogP contribution in [-0.4, -0.2) is 13.5 Å². The van der Waals surface area contributed by atoms with Gasteiger partial charge in [0.25, 0.3) is 10.0 Å².